The highest BCUT2D eigenvalue weighted by Crippen LogP contribution is 2.51. The normalized spacial score (nSPS) is 31.7. The number of aliphatic carboxylic acids is 2. The van der Waals surface area contributed by atoms with Gasteiger partial charge in [-0.3, -0.25) is 14.4 Å². The number of fused-ring (bicyclic) bond motifs is 1. The summed E-state index contributed by atoms with van der Waals surface area (Å²) in [5.41, 5.74) is 5.36. The third kappa shape index (κ3) is 3.49. The van der Waals surface area contributed by atoms with Gasteiger partial charge >= 0.3 is 11.9 Å². The van der Waals surface area contributed by atoms with Crippen LogP contribution in [0.1, 0.15) is 26.2 Å². The van der Waals surface area contributed by atoms with Gasteiger partial charge in [0, 0.05) is 6.42 Å². The zero-order chi connectivity index (χ0) is 18.9. The Kier molecular flexibility index (Phi) is 5.43. The minimum absolute atomic E-state index is 0.0449. The zero-order valence-corrected chi connectivity index (χ0v) is 14.5. The van der Waals surface area contributed by atoms with E-state index in [1.54, 1.807) is 6.92 Å². The highest BCUT2D eigenvalue weighted by molar-refractivity contribution is 8.02. The Labute approximate surface area is 148 Å². The van der Waals surface area contributed by atoms with E-state index in [1.807, 2.05) is 0 Å². The number of hydrogen-bond donors (Lipinski definition) is 4. The Balaban J connectivity index is 1.92. The van der Waals surface area contributed by atoms with Crippen LogP contribution in [0.2, 0.25) is 0 Å². The first-order valence-electron chi connectivity index (χ1n) is 7.76. The fourth-order valence-corrected chi connectivity index (χ4v) is 4.61. The summed E-state index contributed by atoms with van der Waals surface area (Å²) >= 11 is 1.28. The number of nitrogens with one attached hydrogen (secondary N) is 1. The predicted molar refractivity (Wildman–Crippen MR) is 89.6 cm³/mol. The molecule has 0 saturated carbocycles. The number of carboxylic acid groups (broad SMARTS) is 2. The van der Waals surface area contributed by atoms with Crippen molar-refractivity contribution in [3.63, 3.8) is 0 Å². The van der Waals surface area contributed by atoms with Crippen LogP contribution in [0, 0.1) is 0 Å². The van der Waals surface area contributed by atoms with E-state index in [0.29, 0.717) is 0 Å². The van der Waals surface area contributed by atoms with Crippen molar-refractivity contribution in [2.75, 3.05) is 0 Å². The van der Waals surface area contributed by atoms with Crippen molar-refractivity contribution in [1.29, 1.82) is 0 Å². The predicted octanol–water partition coefficient (Wildman–Crippen LogP) is -0.634. The number of nitrogens with two attached hydrogens (primary N) is 1. The van der Waals surface area contributed by atoms with Crippen molar-refractivity contribution in [3.8, 4) is 0 Å². The van der Waals surface area contributed by atoms with Gasteiger partial charge in [0.15, 0.2) is 0 Å². The van der Waals surface area contributed by atoms with Crippen LogP contribution in [0.4, 0.5) is 0 Å². The number of nitrogens with zero attached hydrogens (tertiary/aromatic N) is 1. The standard InChI is InChI=1S/C15H21N3O6S/c1-3-15(2)10(14(23)24)18-11(20)9(12(18)25-15)17-8(19)6-4-5-7(16)13(21)22/h3,7,9-10,12H,1,4-6,16H2,2H3,(H,17,19)(H,21,22)(H,23,24)/t7-,9-,10+,12-,15-/m1/s1. The van der Waals surface area contributed by atoms with E-state index in [-0.39, 0.29) is 19.3 Å². The zero-order valence-electron chi connectivity index (χ0n) is 13.7. The molecule has 10 heteroatoms. The SMILES string of the molecule is C=C[C@@]1(C)S[C@@H]2[C@H](NC(=O)CCC[C@@H](N)C(=O)O)C(=O)N2[C@H]1C(=O)O. The quantitative estimate of drug-likeness (QED) is 0.325. The molecule has 0 spiro atoms. The number of thioether (sulfide) groups is 1. The number of hydrogen-bond acceptors (Lipinski definition) is 6. The Morgan fingerprint density at radius 2 is 2.12 bits per heavy atom. The molecule has 2 amide bonds. The molecule has 9 nitrogen and oxygen atoms in total. The summed E-state index contributed by atoms with van der Waals surface area (Å²) in [7, 11) is 0. The second-order valence-corrected chi connectivity index (χ2v) is 7.86. The fraction of sp³-hybridized carbons (Fsp3) is 0.600. The lowest BCUT2D eigenvalue weighted by Crippen LogP contribution is -2.70. The van der Waals surface area contributed by atoms with Gasteiger partial charge < -0.3 is 26.2 Å². The maximum absolute atomic E-state index is 12.3. The van der Waals surface area contributed by atoms with E-state index >= 15 is 0 Å². The molecule has 138 valence electrons. The number of amides is 2. The van der Waals surface area contributed by atoms with Crippen LogP contribution in [0.5, 0.6) is 0 Å². The van der Waals surface area contributed by atoms with Crippen molar-refractivity contribution in [3.05, 3.63) is 12.7 Å². The Bertz CT molecular complexity index is 626. The molecular weight excluding hydrogens is 350 g/mol. The molecule has 0 radical (unpaired) electrons. The average Bonchev–Trinajstić information content (AvgIpc) is 2.83. The molecule has 2 aliphatic heterocycles. The lowest BCUT2D eigenvalue weighted by atomic mass is 9.94. The molecule has 0 aromatic carbocycles. The maximum atomic E-state index is 12.3. The van der Waals surface area contributed by atoms with E-state index in [1.165, 1.54) is 22.7 Å². The lowest BCUT2D eigenvalue weighted by molar-refractivity contribution is -0.160. The van der Waals surface area contributed by atoms with Crippen molar-refractivity contribution in [2.24, 2.45) is 5.73 Å². The summed E-state index contributed by atoms with van der Waals surface area (Å²) in [5.74, 6) is -3.07. The summed E-state index contributed by atoms with van der Waals surface area (Å²) in [6, 6.07) is -2.83. The van der Waals surface area contributed by atoms with Gasteiger partial charge in [-0.2, -0.15) is 0 Å². The number of rotatable bonds is 8. The molecule has 2 fully saturated rings. The second-order valence-electron chi connectivity index (χ2n) is 6.26. The minimum atomic E-state index is -1.13. The van der Waals surface area contributed by atoms with Crippen molar-refractivity contribution in [1.82, 2.24) is 10.2 Å². The summed E-state index contributed by atoms with van der Waals surface area (Å²) in [4.78, 5) is 47.6. The molecule has 0 aromatic rings. The van der Waals surface area contributed by atoms with E-state index in [4.69, 9.17) is 10.8 Å². The van der Waals surface area contributed by atoms with Crippen molar-refractivity contribution >= 4 is 35.5 Å². The maximum Gasteiger partial charge on any atom is 0.328 e. The molecule has 5 atom stereocenters. The first-order valence-corrected chi connectivity index (χ1v) is 8.64. The Morgan fingerprint density at radius 3 is 2.64 bits per heavy atom. The molecular formula is C15H21N3O6S. The van der Waals surface area contributed by atoms with Crippen LogP contribution >= 0.6 is 11.8 Å². The highest BCUT2D eigenvalue weighted by Gasteiger charge is 2.64. The third-order valence-electron chi connectivity index (χ3n) is 4.47. The largest absolute Gasteiger partial charge is 0.480 e. The molecule has 5 N–H and O–H groups in total. The monoisotopic (exact) mass is 371 g/mol. The number of carbonyl (C=O) groups excluding carboxylic acids is 2. The van der Waals surface area contributed by atoms with Gasteiger partial charge in [-0.25, -0.2) is 4.79 Å². The van der Waals surface area contributed by atoms with Gasteiger partial charge in [0.05, 0.1) is 4.75 Å². The van der Waals surface area contributed by atoms with Crippen LogP contribution in [-0.4, -0.2) is 67.1 Å². The number of carboxylic acids is 2. The molecule has 25 heavy (non-hydrogen) atoms. The van der Waals surface area contributed by atoms with Crippen molar-refractivity contribution in [2.45, 2.75) is 54.4 Å². The van der Waals surface area contributed by atoms with E-state index in [0.717, 1.165) is 0 Å². The summed E-state index contributed by atoms with van der Waals surface area (Å²) in [6.45, 7) is 5.35. The molecule has 0 unspecified atom stereocenters. The highest BCUT2D eigenvalue weighted by atomic mass is 32.2. The van der Waals surface area contributed by atoms with E-state index in [9.17, 15) is 24.3 Å². The van der Waals surface area contributed by atoms with Gasteiger partial charge in [0.1, 0.15) is 23.5 Å². The van der Waals surface area contributed by atoms with Gasteiger partial charge in [-0.15, -0.1) is 18.3 Å². The summed E-state index contributed by atoms with van der Waals surface area (Å²) in [5, 5.41) is 20.2. The number of β-lactam (4-membered cyclic amide) rings is 1. The molecule has 0 aromatic heterocycles. The molecule has 2 saturated heterocycles. The van der Waals surface area contributed by atoms with Gasteiger partial charge in [-0.05, 0) is 19.8 Å². The summed E-state index contributed by atoms with van der Waals surface area (Å²) < 4.78 is -0.833. The summed E-state index contributed by atoms with van der Waals surface area (Å²) in [6.07, 6.45) is 1.99. The second kappa shape index (κ2) is 7.04. The molecule has 0 aliphatic carbocycles. The lowest BCUT2D eigenvalue weighted by Gasteiger charge is -2.43. The molecule has 2 rings (SSSR count). The first kappa shape index (κ1) is 19.3. The van der Waals surface area contributed by atoms with Crippen molar-refractivity contribution < 1.29 is 29.4 Å². The van der Waals surface area contributed by atoms with Crippen LogP contribution in [-0.2, 0) is 19.2 Å². The Hall–Kier alpha value is -2.07. The molecule has 2 aliphatic rings. The fourth-order valence-electron chi connectivity index (χ4n) is 2.99. The van der Waals surface area contributed by atoms with Gasteiger partial charge in [-0.1, -0.05) is 6.08 Å². The Morgan fingerprint density at radius 1 is 1.48 bits per heavy atom. The van der Waals surface area contributed by atoms with E-state index < -0.39 is 52.0 Å². The topological polar surface area (TPSA) is 150 Å². The average molecular weight is 371 g/mol. The molecule has 2 heterocycles. The number of carbonyl (C=O) groups is 4. The van der Waals surface area contributed by atoms with Crippen LogP contribution in [0.25, 0.3) is 0 Å². The van der Waals surface area contributed by atoms with Crippen LogP contribution < -0.4 is 11.1 Å². The van der Waals surface area contributed by atoms with Crippen LogP contribution in [0.15, 0.2) is 12.7 Å². The van der Waals surface area contributed by atoms with Gasteiger partial charge in [0.2, 0.25) is 11.8 Å². The van der Waals surface area contributed by atoms with E-state index in [2.05, 4.69) is 11.9 Å². The van der Waals surface area contributed by atoms with Gasteiger partial charge in [0.25, 0.3) is 0 Å². The minimum Gasteiger partial charge on any atom is -0.480 e. The third-order valence-corrected chi connectivity index (χ3v) is 6.11. The molecule has 0 bridgehead atoms. The smallest absolute Gasteiger partial charge is 0.328 e. The van der Waals surface area contributed by atoms with Crippen LogP contribution in [0.3, 0.4) is 0 Å². The first-order chi connectivity index (χ1) is 11.6.